The first-order chi connectivity index (χ1) is 12.8. The quantitative estimate of drug-likeness (QED) is 0.818. The molecule has 7 nitrogen and oxygen atoms in total. The van der Waals surface area contributed by atoms with Crippen LogP contribution in [0.3, 0.4) is 0 Å². The highest BCUT2D eigenvalue weighted by Gasteiger charge is 2.31. The Kier molecular flexibility index (Phi) is 5.26. The van der Waals surface area contributed by atoms with Gasteiger partial charge in [-0.15, -0.1) is 0 Å². The number of carbonyl (C=O) groups excluding carboxylic acids is 1. The molecule has 3 heterocycles. The first kappa shape index (κ1) is 17.2. The first-order valence-electron chi connectivity index (χ1n) is 9.19. The van der Waals surface area contributed by atoms with Crippen LogP contribution >= 0.6 is 0 Å². The maximum absolute atomic E-state index is 12.4. The summed E-state index contributed by atoms with van der Waals surface area (Å²) in [5, 5.41) is 4.00. The van der Waals surface area contributed by atoms with Gasteiger partial charge in [0.05, 0.1) is 6.10 Å². The molecule has 0 bridgehead atoms. The Morgan fingerprint density at radius 2 is 2.00 bits per heavy atom. The number of rotatable bonds is 5. The largest absolute Gasteiger partial charge is 0.368 e. The van der Waals surface area contributed by atoms with E-state index in [-0.39, 0.29) is 18.1 Å². The highest BCUT2D eigenvalue weighted by atomic mass is 16.5. The van der Waals surface area contributed by atoms with Crippen molar-refractivity contribution < 1.29 is 18.8 Å². The van der Waals surface area contributed by atoms with Gasteiger partial charge in [-0.3, -0.25) is 4.79 Å². The van der Waals surface area contributed by atoms with Crippen LogP contribution in [0.25, 0.3) is 11.4 Å². The van der Waals surface area contributed by atoms with Crippen molar-refractivity contribution in [2.45, 2.75) is 44.5 Å². The number of nitrogens with zero attached hydrogens (tertiary/aromatic N) is 3. The molecule has 2 aromatic rings. The molecule has 1 amide bonds. The molecule has 26 heavy (non-hydrogen) atoms. The van der Waals surface area contributed by atoms with Crippen LogP contribution in [-0.4, -0.2) is 52.9 Å². The Morgan fingerprint density at radius 1 is 1.19 bits per heavy atom. The van der Waals surface area contributed by atoms with Crippen molar-refractivity contribution in [1.29, 1.82) is 0 Å². The zero-order valence-corrected chi connectivity index (χ0v) is 14.7. The standard InChI is InChI=1S/C19H23N3O4/c23-19(16-7-4-12-24-16)22-10-8-15(9-11-22)25-13-17-20-18(21-26-17)14-5-2-1-3-6-14/h1-3,5-6,15-16H,4,7-13H2. The van der Waals surface area contributed by atoms with Crippen LogP contribution in [0.5, 0.6) is 0 Å². The summed E-state index contributed by atoms with van der Waals surface area (Å²) < 4.78 is 16.7. The summed E-state index contributed by atoms with van der Waals surface area (Å²) >= 11 is 0. The SMILES string of the molecule is O=C(C1CCCO1)N1CCC(OCc2nc(-c3ccccc3)no2)CC1. The summed E-state index contributed by atoms with van der Waals surface area (Å²) in [7, 11) is 0. The van der Waals surface area contributed by atoms with E-state index in [1.165, 1.54) is 0 Å². The summed E-state index contributed by atoms with van der Waals surface area (Å²) in [5.41, 5.74) is 0.920. The molecule has 0 spiro atoms. The molecular formula is C19H23N3O4. The number of piperidine rings is 1. The van der Waals surface area contributed by atoms with Crippen molar-refractivity contribution in [3.05, 3.63) is 36.2 Å². The molecule has 138 valence electrons. The molecule has 7 heteroatoms. The van der Waals surface area contributed by atoms with E-state index in [9.17, 15) is 4.79 Å². The van der Waals surface area contributed by atoms with Crippen molar-refractivity contribution >= 4 is 5.91 Å². The van der Waals surface area contributed by atoms with Crippen molar-refractivity contribution in [3.63, 3.8) is 0 Å². The maximum Gasteiger partial charge on any atom is 0.252 e. The van der Waals surface area contributed by atoms with Gasteiger partial charge < -0.3 is 18.9 Å². The van der Waals surface area contributed by atoms with Crippen LogP contribution < -0.4 is 0 Å². The Morgan fingerprint density at radius 3 is 2.73 bits per heavy atom. The van der Waals surface area contributed by atoms with Crippen molar-refractivity contribution in [1.82, 2.24) is 15.0 Å². The minimum Gasteiger partial charge on any atom is -0.368 e. The lowest BCUT2D eigenvalue weighted by atomic mass is 10.1. The number of likely N-dealkylation sites (tertiary alicyclic amines) is 1. The molecule has 1 aromatic carbocycles. The molecule has 0 aliphatic carbocycles. The van der Waals surface area contributed by atoms with Crippen molar-refractivity contribution in [2.24, 2.45) is 0 Å². The lowest BCUT2D eigenvalue weighted by Crippen LogP contribution is -2.45. The second-order valence-electron chi connectivity index (χ2n) is 6.72. The van der Waals surface area contributed by atoms with E-state index < -0.39 is 0 Å². The summed E-state index contributed by atoms with van der Waals surface area (Å²) in [4.78, 5) is 18.6. The van der Waals surface area contributed by atoms with Crippen LogP contribution in [0, 0.1) is 0 Å². The number of benzene rings is 1. The van der Waals surface area contributed by atoms with E-state index in [2.05, 4.69) is 10.1 Å². The maximum atomic E-state index is 12.4. The molecule has 1 aromatic heterocycles. The van der Waals surface area contributed by atoms with Gasteiger partial charge in [0.25, 0.3) is 11.8 Å². The Bertz CT molecular complexity index is 719. The van der Waals surface area contributed by atoms with E-state index in [1.54, 1.807) is 0 Å². The van der Waals surface area contributed by atoms with Crippen LogP contribution in [0.4, 0.5) is 0 Å². The van der Waals surface area contributed by atoms with Gasteiger partial charge in [-0.2, -0.15) is 4.98 Å². The third kappa shape index (κ3) is 3.94. The number of aromatic nitrogens is 2. The third-order valence-corrected chi connectivity index (χ3v) is 4.90. The van der Waals surface area contributed by atoms with Crippen LogP contribution in [0.15, 0.2) is 34.9 Å². The number of hydrogen-bond acceptors (Lipinski definition) is 6. The zero-order chi connectivity index (χ0) is 17.8. The molecule has 1 atom stereocenters. The molecular weight excluding hydrogens is 334 g/mol. The fraction of sp³-hybridized carbons (Fsp3) is 0.526. The summed E-state index contributed by atoms with van der Waals surface area (Å²) in [6, 6.07) is 9.71. The molecule has 2 saturated heterocycles. The molecule has 0 N–H and O–H groups in total. The minimum absolute atomic E-state index is 0.107. The zero-order valence-electron chi connectivity index (χ0n) is 14.7. The average Bonchev–Trinajstić information content (AvgIpc) is 3.39. The normalized spacial score (nSPS) is 21.2. The van der Waals surface area contributed by atoms with Gasteiger partial charge in [0.1, 0.15) is 12.7 Å². The van der Waals surface area contributed by atoms with E-state index in [1.807, 2.05) is 35.2 Å². The van der Waals surface area contributed by atoms with Gasteiger partial charge in [-0.05, 0) is 25.7 Å². The fourth-order valence-electron chi connectivity index (χ4n) is 3.43. The number of carbonyl (C=O) groups is 1. The van der Waals surface area contributed by atoms with Gasteiger partial charge in [0.2, 0.25) is 5.82 Å². The van der Waals surface area contributed by atoms with Crippen LogP contribution in [0.2, 0.25) is 0 Å². The molecule has 1 unspecified atom stereocenters. The third-order valence-electron chi connectivity index (χ3n) is 4.90. The number of ether oxygens (including phenoxy) is 2. The number of hydrogen-bond donors (Lipinski definition) is 0. The van der Waals surface area contributed by atoms with Gasteiger partial charge in [-0.1, -0.05) is 35.5 Å². The van der Waals surface area contributed by atoms with E-state index in [0.717, 1.165) is 31.2 Å². The molecule has 0 radical (unpaired) electrons. The molecule has 2 aliphatic heterocycles. The van der Waals surface area contributed by atoms with Gasteiger partial charge in [0.15, 0.2) is 0 Å². The lowest BCUT2D eigenvalue weighted by molar-refractivity contribution is -0.143. The Hall–Kier alpha value is -2.25. The predicted molar refractivity (Wildman–Crippen MR) is 93.1 cm³/mol. The summed E-state index contributed by atoms with van der Waals surface area (Å²) in [5.74, 6) is 1.17. The minimum atomic E-state index is -0.234. The lowest BCUT2D eigenvalue weighted by Gasteiger charge is -2.33. The molecule has 4 rings (SSSR count). The highest BCUT2D eigenvalue weighted by molar-refractivity contribution is 5.81. The van der Waals surface area contributed by atoms with Gasteiger partial charge in [0, 0.05) is 25.3 Å². The average molecular weight is 357 g/mol. The Balaban J connectivity index is 1.24. The summed E-state index contributed by atoms with van der Waals surface area (Å²) in [6.07, 6.45) is 3.33. The van der Waals surface area contributed by atoms with Crippen LogP contribution in [0.1, 0.15) is 31.6 Å². The summed E-state index contributed by atoms with van der Waals surface area (Å²) in [6.45, 7) is 2.42. The fourth-order valence-corrected chi connectivity index (χ4v) is 3.43. The smallest absolute Gasteiger partial charge is 0.252 e. The van der Waals surface area contributed by atoms with Crippen LogP contribution in [-0.2, 0) is 20.9 Å². The Labute approximate surface area is 152 Å². The molecule has 2 fully saturated rings. The second kappa shape index (κ2) is 7.97. The van der Waals surface area contributed by atoms with Crippen molar-refractivity contribution in [3.8, 4) is 11.4 Å². The molecule has 0 saturated carbocycles. The first-order valence-corrected chi connectivity index (χ1v) is 9.19. The highest BCUT2D eigenvalue weighted by Crippen LogP contribution is 2.21. The van der Waals surface area contributed by atoms with Gasteiger partial charge in [-0.25, -0.2) is 0 Å². The van der Waals surface area contributed by atoms with Gasteiger partial charge >= 0.3 is 0 Å². The predicted octanol–water partition coefficient (Wildman–Crippen LogP) is 2.42. The van der Waals surface area contributed by atoms with E-state index in [4.69, 9.17) is 14.0 Å². The van der Waals surface area contributed by atoms with Crippen molar-refractivity contribution in [2.75, 3.05) is 19.7 Å². The topological polar surface area (TPSA) is 77.7 Å². The van der Waals surface area contributed by atoms with E-state index >= 15 is 0 Å². The second-order valence-corrected chi connectivity index (χ2v) is 6.72. The monoisotopic (exact) mass is 357 g/mol. The molecule has 2 aliphatic rings. The number of amides is 1. The van der Waals surface area contributed by atoms with E-state index in [0.29, 0.717) is 38.0 Å².